The van der Waals surface area contributed by atoms with Crippen molar-refractivity contribution in [2.45, 2.75) is 25.5 Å². The third-order valence-corrected chi connectivity index (χ3v) is 5.16. The van der Waals surface area contributed by atoms with Gasteiger partial charge in [0.2, 0.25) is 0 Å². The fourth-order valence-electron chi connectivity index (χ4n) is 3.06. The van der Waals surface area contributed by atoms with Crippen LogP contribution in [0.1, 0.15) is 18.9 Å². The van der Waals surface area contributed by atoms with Gasteiger partial charge in [-0.2, -0.15) is 0 Å². The number of benzene rings is 1. The van der Waals surface area contributed by atoms with E-state index in [4.69, 9.17) is 27.9 Å². The topological polar surface area (TPSA) is 111 Å². The van der Waals surface area contributed by atoms with E-state index < -0.39 is 22.4 Å². The highest BCUT2D eigenvalue weighted by molar-refractivity contribution is 6.30. The van der Waals surface area contributed by atoms with E-state index in [1.165, 1.54) is 16.4 Å². The van der Waals surface area contributed by atoms with Crippen LogP contribution in [0.5, 0.6) is 0 Å². The average molecular weight is 455 g/mol. The van der Waals surface area contributed by atoms with E-state index in [-0.39, 0.29) is 18.4 Å². The van der Waals surface area contributed by atoms with Crippen LogP contribution >= 0.6 is 23.2 Å². The zero-order valence-corrected chi connectivity index (χ0v) is 17.6. The van der Waals surface area contributed by atoms with Crippen LogP contribution in [0.3, 0.4) is 0 Å². The van der Waals surface area contributed by atoms with Crippen molar-refractivity contribution in [2.75, 3.05) is 19.7 Å². The van der Waals surface area contributed by atoms with Crippen LogP contribution in [-0.2, 0) is 11.3 Å². The monoisotopic (exact) mass is 454 g/mol. The Kier molecular flexibility index (Phi) is 6.64. The second-order valence-electron chi connectivity index (χ2n) is 7.24. The Hall–Kier alpha value is -2.62. The molecule has 9 nitrogen and oxygen atoms in total. The fraction of sp³-hybridized carbons (Fsp3) is 0.368. The van der Waals surface area contributed by atoms with Gasteiger partial charge in [-0.05, 0) is 58.1 Å². The van der Waals surface area contributed by atoms with Crippen molar-refractivity contribution < 1.29 is 19.6 Å². The molecule has 1 aromatic heterocycles. The third kappa shape index (κ3) is 5.50. The van der Waals surface area contributed by atoms with Crippen LogP contribution in [0.2, 0.25) is 10.3 Å². The molecule has 0 spiro atoms. The van der Waals surface area contributed by atoms with E-state index in [2.05, 4.69) is 4.98 Å². The zero-order chi connectivity index (χ0) is 21.9. The van der Waals surface area contributed by atoms with Crippen molar-refractivity contribution >= 4 is 40.7 Å². The molecule has 0 radical (unpaired) electrons. The summed E-state index contributed by atoms with van der Waals surface area (Å²) in [4.78, 5) is 27.6. The number of aliphatic hydroxyl groups is 1. The van der Waals surface area contributed by atoms with Crippen molar-refractivity contribution in [3.63, 3.8) is 0 Å². The van der Waals surface area contributed by atoms with Gasteiger partial charge in [0.15, 0.2) is 0 Å². The first-order valence-corrected chi connectivity index (χ1v) is 9.86. The number of aromatic nitrogens is 2. The van der Waals surface area contributed by atoms with E-state index in [0.717, 1.165) is 17.3 Å². The molecule has 2 heterocycles. The third-order valence-electron chi connectivity index (χ3n) is 4.60. The van der Waals surface area contributed by atoms with Crippen LogP contribution in [0.15, 0.2) is 36.5 Å². The van der Waals surface area contributed by atoms with Gasteiger partial charge in [0, 0.05) is 18.1 Å². The Labute approximate surface area is 182 Å². The number of hydrogen-bond donors (Lipinski definition) is 1. The summed E-state index contributed by atoms with van der Waals surface area (Å²) >= 11 is 11.8. The predicted molar refractivity (Wildman–Crippen MR) is 111 cm³/mol. The second-order valence-corrected chi connectivity index (χ2v) is 8.01. The predicted octanol–water partition coefficient (Wildman–Crippen LogP) is 3.78. The number of nitro groups is 1. The number of imidazole rings is 1. The van der Waals surface area contributed by atoms with Crippen molar-refractivity contribution in [1.29, 1.82) is 0 Å². The summed E-state index contributed by atoms with van der Waals surface area (Å²) in [6, 6.07) is 7.51. The second kappa shape index (κ2) is 9.03. The summed E-state index contributed by atoms with van der Waals surface area (Å²) in [5.41, 5.74) is 0.689. The van der Waals surface area contributed by atoms with E-state index in [1.54, 1.807) is 0 Å². The van der Waals surface area contributed by atoms with E-state index in [1.807, 2.05) is 30.3 Å². The summed E-state index contributed by atoms with van der Waals surface area (Å²) in [6.07, 6.45) is 3.19. The van der Waals surface area contributed by atoms with Gasteiger partial charge < -0.3 is 24.9 Å². The van der Waals surface area contributed by atoms with Crippen molar-refractivity contribution in [2.24, 2.45) is 0 Å². The van der Waals surface area contributed by atoms with Gasteiger partial charge in [-0.15, -0.1) is 0 Å². The van der Waals surface area contributed by atoms with Crippen molar-refractivity contribution in [3.05, 3.63) is 62.5 Å². The minimum absolute atomic E-state index is 0.124. The van der Waals surface area contributed by atoms with E-state index in [0.29, 0.717) is 24.5 Å². The lowest BCUT2D eigenvalue weighted by Gasteiger charge is -2.28. The van der Waals surface area contributed by atoms with Crippen LogP contribution in [0.25, 0.3) is 5.57 Å². The molecule has 3 rings (SSSR count). The maximum atomic E-state index is 12.4. The van der Waals surface area contributed by atoms with Crippen LogP contribution < -0.4 is 0 Å². The van der Waals surface area contributed by atoms with Crippen LogP contribution in [0.4, 0.5) is 10.6 Å². The molecule has 11 heteroatoms. The van der Waals surface area contributed by atoms with E-state index in [9.17, 15) is 20.0 Å². The van der Waals surface area contributed by atoms with Crippen LogP contribution in [0, 0.1) is 10.1 Å². The lowest BCUT2D eigenvalue weighted by molar-refractivity contribution is -0.389. The Morgan fingerprint density at radius 1 is 1.37 bits per heavy atom. The maximum Gasteiger partial charge on any atom is 0.410 e. The first kappa shape index (κ1) is 22.1. The van der Waals surface area contributed by atoms with Crippen molar-refractivity contribution in [3.8, 4) is 0 Å². The summed E-state index contributed by atoms with van der Waals surface area (Å²) in [5, 5.41) is 21.8. The highest BCUT2D eigenvalue weighted by Gasteiger charge is 2.29. The van der Waals surface area contributed by atoms with Crippen molar-refractivity contribution in [1.82, 2.24) is 14.5 Å². The number of amides is 1. The Morgan fingerprint density at radius 2 is 2.07 bits per heavy atom. The Balaban J connectivity index is 1.53. The van der Waals surface area contributed by atoms with Gasteiger partial charge in [-0.3, -0.25) is 4.57 Å². The molecule has 1 aromatic carbocycles. The number of ether oxygens (including phenoxy) is 1. The molecule has 160 valence electrons. The smallest absolute Gasteiger partial charge is 0.410 e. The SMILES string of the molecule is C[C@](O)(COC(=O)N1CC=C(c2ccc(Cl)cc2)CC1)Cn1cc([N+](=O)[O-])nc1Cl. The maximum absolute atomic E-state index is 12.4. The molecule has 30 heavy (non-hydrogen) atoms. The molecule has 1 aliphatic rings. The minimum Gasteiger partial charge on any atom is -0.446 e. The number of nitrogens with zero attached hydrogens (tertiary/aromatic N) is 4. The molecule has 0 saturated carbocycles. The fourth-order valence-corrected chi connectivity index (χ4v) is 3.38. The number of halogens is 2. The molecule has 0 bridgehead atoms. The number of hydrogen-bond acceptors (Lipinski definition) is 6. The minimum atomic E-state index is -1.49. The summed E-state index contributed by atoms with van der Waals surface area (Å²) in [6.45, 7) is 1.88. The highest BCUT2D eigenvalue weighted by Crippen LogP contribution is 2.24. The number of carbonyl (C=O) groups is 1. The molecule has 0 fully saturated rings. The zero-order valence-electron chi connectivity index (χ0n) is 16.1. The number of carbonyl (C=O) groups excluding carboxylic acids is 1. The molecular weight excluding hydrogens is 435 g/mol. The largest absolute Gasteiger partial charge is 0.446 e. The summed E-state index contributed by atoms with van der Waals surface area (Å²) in [5.74, 6) is -0.426. The lowest BCUT2D eigenvalue weighted by atomic mass is 10.00. The lowest BCUT2D eigenvalue weighted by Crippen LogP contribution is -2.41. The molecular formula is C19H20Cl2N4O5. The normalized spacial score (nSPS) is 16.0. The van der Waals surface area contributed by atoms with Gasteiger partial charge in [0.25, 0.3) is 0 Å². The summed E-state index contributed by atoms with van der Waals surface area (Å²) < 4.78 is 6.48. The molecule has 0 saturated heterocycles. The molecule has 1 atom stereocenters. The summed E-state index contributed by atoms with van der Waals surface area (Å²) in [7, 11) is 0. The highest BCUT2D eigenvalue weighted by atomic mass is 35.5. The first-order valence-electron chi connectivity index (χ1n) is 9.11. The molecule has 1 amide bonds. The van der Waals surface area contributed by atoms with Crippen LogP contribution in [-0.4, -0.2) is 55.9 Å². The van der Waals surface area contributed by atoms with Gasteiger partial charge in [-0.25, -0.2) is 4.79 Å². The average Bonchev–Trinajstić information content (AvgIpc) is 3.07. The molecule has 2 aromatic rings. The molecule has 0 unspecified atom stereocenters. The van der Waals surface area contributed by atoms with Gasteiger partial charge >= 0.3 is 17.2 Å². The first-order chi connectivity index (χ1) is 14.1. The van der Waals surface area contributed by atoms with Gasteiger partial charge in [0.1, 0.15) is 18.4 Å². The molecule has 0 aliphatic carbocycles. The molecule has 1 aliphatic heterocycles. The number of rotatable bonds is 6. The Bertz CT molecular complexity index is 972. The molecule has 1 N–H and O–H groups in total. The van der Waals surface area contributed by atoms with Gasteiger partial charge in [0.05, 0.1) is 6.54 Å². The Morgan fingerprint density at radius 3 is 2.63 bits per heavy atom. The van der Waals surface area contributed by atoms with E-state index >= 15 is 0 Å². The quantitative estimate of drug-likeness (QED) is 0.525. The standard InChI is InChI=1S/C19H20Cl2N4O5/c1-19(27,11-24-10-16(25(28)29)22-17(24)21)12-30-18(26)23-8-6-14(7-9-23)13-2-4-15(20)5-3-13/h2-6,10,27H,7-9,11-12H2,1H3/t19-/m1/s1. The van der Waals surface area contributed by atoms with Gasteiger partial charge in [-0.1, -0.05) is 29.8 Å².